The predicted octanol–water partition coefficient (Wildman–Crippen LogP) is 1.94. The van der Waals surface area contributed by atoms with Crippen LogP contribution in [0.2, 0.25) is 0 Å². The highest BCUT2D eigenvalue weighted by molar-refractivity contribution is 5.95. The normalized spacial score (nSPS) is 12.3. The summed E-state index contributed by atoms with van der Waals surface area (Å²) < 4.78 is 1.68. The van der Waals surface area contributed by atoms with Gasteiger partial charge in [0, 0.05) is 18.0 Å². The number of aryl methyl sites for hydroxylation is 1. The van der Waals surface area contributed by atoms with Crippen molar-refractivity contribution in [2.24, 2.45) is 0 Å². The van der Waals surface area contributed by atoms with Crippen molar-refractivity contribution in [1.29, 1.82) is 0 Å². The number of carbonyl (C=O) groups is 1. The molecule has 1 aromatic heterocycles. The van der Waals surface area contributed by atoms with Gasteiger partial charge < -0.3 is 5.32 Å². The van der Waals surface area contributed by atoms with E-state index in [0.29, 0.717) is 11.9 Å². The van der Waals surface area contributed by atoms with Gasteiger partial charge in [-0.1, -0.05) is 19.1 Å². The summed E-state index contributed by atoms with van der Waals surface area (Å²) >= 11 is 0. The van der Waals surface area contributed by atoms with E-state index in [2.05, 4.69) is 10.4 Å². The molecule has 0 bridgehead atoms. The molecule has 0 aliphatic carbocycles. The number of fused-ring (bicyclic) bond motifs is 1. The summed E-state index contributed by atoms with van der Waals surface area (Å²) in [6.45, 7) is 6.41. The number of rotatable bonds is 4. The summed E-state index contributed by atoms with van der Waals surface area (Å²) in [4.78, 5) is 24.5. The molecule has 1 unspecified atom stereocenters. The van der Waals surface area contributed by atoms with Gasteiger partial charge in [-0.3, -0.25) is 14.3 Å². The van der Waals surface area contributed by atoms with E-state index < -0.39 is 5.91 Å². The molecule has 0 saturated carbocycles. The van der Waals surface area contributed by atoms with Crippen LogP contribution in [-0.4, -0.2) is 21.7 Å². The van der Waals surface area contributed by atoms with Gasteiger partial charge in [-0.25, -0.2) is 0 Å². The quantitative estimate of drug-likeness (QED) is 0.926. The van der Waals surface area contributed by atoms with E-state index in [-0.39, 0.29) is 17.2 Å². The Morgan fingerprint density at radius 1 is 1.35 bits per heavy atom. The molecule has 1 atom stereocenters. The minimum atomic E-state index is -0.405. The Labute approximate surface area is 117 Å². The Hall–Kier alpha value is -2.17. The highest BCUT2D eigenvalue weighted by Gasteiger charge is 2.17. The van der Waals surface area contributed by atoms with Crippen LogP contribution >= 0.6 is 0 Å². The third kappa shape index (κ3) is 2.57. The highest BCUT2D eigenvalue weighted by atomic mass is 16.2. The van der Waals surface area contributed by atoms with Gasteiger partial charge in [0.2, 0.25) is 5.43 Å². The van der Waals surface area contributed by atoms with Crippen molar-refractivity contribution in [3.8, 4) is 0 Å². The lowest BCUT2D eigenvalue weighted by Crippen LogP contribution is -2.37. The van der Waals surface area contributed by atoms with Gasteiger partial charge in [0.15, 0.2) is 5.69 Å². The lowest BCUT2D eigenvalue weighted by Gasteiger charge is -2.13. The first-order chi connectivity index (χ1) is 9.58. The number of hydrogen-bond acceptors (Lipinski definition) is 3. The van der Waals surface area contributed by atoms with Gasteiger partial charge in [-0.05, 0) is 32.4 Å². The van der Waals surface area contributed by atoms with Crippen LogP contribution < -0.4 is 10.7 Å². The van der Waals surface area contributed by atoms with E-state index in [1.807, 2.05) is 32.9 Å². The van der Waals surface area contributed by atoms with Gasteiger partial charge in [0.05, 0.1) is 5.52 Å². The SMILES string of the molecule is CCC(C)NC(=O)c1nn(CC)c2ccccc2c1=O. The summed E-state index contributed by atoms with van der Waals surface area (Å²) in [6, 6.07) is 7.23. The second-order valence-electron chi connectivity index (χ2n) is 4.79. The second-order valence-corrected chi connectivity index (χ2v) is 4.79. The van der Waals surface area contributed by atoms with Crippen LogP contribution in [0.25, 0.3) is 10.9 Å². The predicted molar refractivity (Wildman–Crippen MR) is 78.9 cm³/mol. The van der Waals surface area contributed by atoms with Gasteiger partial charge in [0.25, 0.3) is 5.91 Å². The van der Waals surface area contributed by atoms with Crippen molar-refractivity contribution in [3.05, 3.63) is 40.2 Å². The molecule has 0 fully saturated rings. The molecule has 1 aromatic carbocycles. The minimum Gasteiger partial charge on any atom is -0.348 e. The van der Waals surface area contributed by atoms with E-state index in [0.717, 1.165) is 11.9 Å². The largest absolute Gasteiger partial charge is 0.348 e. The van der Waals surface area contributed by atoms with Crippen LogP contribution in [0.5, 0.6) is 0 Å². The molecule has 0 radical (unpaired) electrons. The first kappa shape index (κ1) is 14.2. The third-order valence-electron chi connectivity index (χ3n) is 3.37. The van der Waals surface area contributed by atoms with Gasteiger partial charge in [0.1, 0.15) is 0 Å². The number of aromatic nitrogens is 2. The molecule has 1 heterocycles. The van der Waals surface area contributed by atoms with E-state index in [1.54, 1.807) is 16.8 Å². The molecule has 0 aliphatic heterocycles. The molecule has 0 saturated heterocycles. The van der Waals surface area contributed by atoms with E-state index >= 15 is 0 Å². The van der Waals surface area contributed by atoms with Crippen LogP contribution in [0.3, 0.4) is 0 Å². The van der Waals surface area contributed by atoms with E-state index in [1.165, 1.54) is 0 Å². The molecule has 2 aromatic rings. The van der Waals surface area contributed by atoms with Gasteiger partial charge in [-0.15, -0.1) is 0 Å². The fourth-order valence-electron chi connectivity index (χ4n) is 2.02. The molecule has 0 spiro atoms. The number of nitrogens with one attached hydrogen (secondary N) is 1. The van der Waals surface area contributed by atoms with Gasteiger partial charge >= 0.3 is 0 Å². The Morgan fingerprint density at radius 2 is 2.05 bits per heavy atom. The second kappa shape index (κ2) is 5.86. The average molecular weight is 273 g/mol. The summed E-state index contributed by atoms with van der Waals surface area (Å²) in [6.07, 6.45) is 0.807. The summed E-state index contributed by atoms with van der Waals surface area (Å²) in [5.41, 5.74) is 0.400. The highest BCUT2D eigenvalue weighted by Crippen LogP contribution is 2.09. The Morgan fingerprint density at radius 3 is 2.70 bits per heavy atom. The summed E-state index contributed by atoms with van der Waals surface area (Å²) in [7, 11) is 0. The van der Waals surface area contributed by atoms with Crippen LogP contribution in [-0.2, 0) is 6.54 Å². The van der Waals surface area contributed by atoms with E-state index in [9.17, 15) is 9.59 Å². The number of amides is 1. The van der Waals surface area contributed by atoms with Crippen molar-refractivity contribution in [2.45, 2.75) is 39.8 Å². The van der Waals surface area contributed by atoms with Crippen LogP contribution in [0.4, 0.5) is 0 Å². The van der Waals surface area contributed by atoms with E-state index in [4.69, 9.17) is 0 Å². The summed E-state index contributed by atoms with van der Waals surface area (Å²) in [5, 5.41) is 7.51. The monoisotopic (exact) mass is 273 g/mol. The number of hydrogen-bond donors (Lipinski definition) is 1. The van der Waals surface area contributed by atoms with Crippen molar-refractivity contribution in [3.63, 3.8) is 0 Å². The molecule has 20 heavy (non-hydrogen) atoms. The maximum atomic E-state index is 12.4. The van der Waals surface area contributed by atoms with Crippen molar-refractivity contribution >= 4 is 16.8 Å². The van der Waals surface area contributed by atoms with Crippen LogP contribution in [0.15, 0.2) is 29.1 Å². The Balaban J connectivity index is 2.57. The Bertz CT molecular complexity index is 691. The zero-order chi connectivity index (χ0) is 14.7. The van der Waals surface area contributed by atoms with Gasteiger partial charge in [-0.2, -0.15) is 5.10 Å². The van der Waals surface area contributed by atoms with Crippen molar-refractivity contribution < 1.29 is 4.79 Å². The number of carbonyl (C=O) groups excluding carboxylic acids is 1. The van der Waals surface area contributed by atoms with Crippen LogP contribution in [0.1, 0.15) is 37.7 Å². The molecular weight excluding hydrogens is 254 g/mol. The zero-order valence-electron chi connectivity index (χ0n) is 12.0. The molecule has 2 rings (SSSR count). The summed E-state index contributed by atoms with van der Waals surface area (Å²) in [5.74, 6) is -0.405. The first-order valence-corrected chi connectivity index (χ1v) is 6.89. The maximum Gasteiger partial charge on any atom is 0.276 e. The Kier molecular flexibility index (Phi) is 4.17. The molecule has 5 heteroatoms. The fraction of sp³-hybridized carbons (Fsp3) is 0.400. The fourth-order valence-corrected chi connectivity index (χ4v) is 2.02. The molecule has 106 valence electrons. The molecule has 1 amide bonds. The minimum absolute atomic E-state index is 0.0187. The molecule has 5 nitrogen and oxygen atoms in total. The third-order valence-corrected chi connectivity index (χ3v) is 3.37. The maximum absolute atomic E-state index is 12.4. The average Bonchev–Trinajstić information content (AvgIpc) is 2.47. The number of para-hydroxylation sites is 1. The van der Waals surface area contributed by atoms with Crippen molar-refractivity contribution in [2.75, 3.05) is 0 Å². The van der Waals surface area contributed by atoms with Crippen molar-refractivity contribution in [1.82, 2.24) is 15.1 Å². The van der Waals surface area contributed by atoms with Crippen LogP contribution in [0, 0.1) is 0 Å². The number of nitrogens with zero attached hydrogens (tertiary/aromatic N) is 2. The lowest BCUT2D eigenvalue weighted by atomic mass is 10.2. The molecule has 0 aliphatic rings. The standard InChI is InChI=1S/C15H19N3O2/c1-4-10(3)16-15(20)13-14(19)11-8-6-7-9-12(11)18(5-2)17-13/h6-10H,4-5H2,1-3H3,(H,16,20). The number of benzene rings is 1. The zero-order valence-corrected chi connectivity index (χ0v) is 12.0. The molecular formula is C15H19N3O2. The first-order valence-electron chi connectivity index (χ1n) is 6.89. The smallest absolute Gasteiger partial charge is 0.276 e. The molecule has 1 N–H and O–H groups in total. The lowest BCUT2D eigenvalue weighted by molar-refractivity contribution is 0.0931. The topological polar surface area (TPSA) is 64.0 Å².